The first-order valence-corrected chi connectivity index (χ1v) is 9.71. The zero-order valence-corrected chi connectivity index (χ0v) is 17.5. The average molecular weight is 421 g/mol. The van der Waals surface area contributed by atoms with Gasteiger partial charge >= 0.3 is 0 Å². The summed E-state index contributed by atoms with van der Waals surface area (Å²) in [4.78, 5) is 25.7. The van der Waals surface area contributed by atoms with Crippen LogP contribution in [0.2, 0.25) is 0 Å². The van der Waals surface area contributed by atoms with Crippen LogP contribution in [0.1, 0.15) is 27.0 Å². The van der Waals surface area contributed by atoms with Crippen LogP contribution in [0.25, 0.3) is 0 Å². The Morgan fingerprint density at radius 1 is 1.19 bits per heavy atom. The number of hydrogen-bond donors (Lipinski definition) is 1. The van der Waals surface area contributed by atoms with Crippen molar-refractivity contribution >= 4 is 24.3 Å². The number of aliphatic imine (C=N–C) groups is 1. The smallest absolute Gasteiger partial charge is 0.165 e. The number of nitrogens with two attached hydrogens (primary N) is 1. The maximum atomic E-state index is 14.0. The van der Waals surface area contributed by atoms with Crippen molar-refractivity contribution in [1.82, 2.24) is 9.97 Å². The van der Waals surface area contributed by atoms with Gasteiger partial charge in [-0.25, -0.2) is 19.4 Å². The summed E-state index contributed by atoms with van der Waals surface area (Å²) in [5.41, 5.74) is 8.56. The number of rotatable bonds is 9. The number of benzene rings is 1. The normalized spacial score (nSPS) is 10.9. The molecule has 2 aromatic heterocycles. The Hall–Kier alpha value is -3.81. The highest BCUT2D eigenvalue weighted by Gasteiger charge is 2.14. The van der Waals surface area contributed by atoms with Crippen molar-refractivity contribution in [2.24, 2.45) is 10.7 Å². The van der Waals surface area contributed by atoms with Gasteiger partial charge in [0.1, 0.15) is 12.0 Å². The van der Waals surface area contributed by atoms with E-state index in [1.807, 2.05) is 24.3 Å². The van der Waals surface area contributed by atoms with Crippen LogP contribution in [0.15, 0.2) is 53.8 Å². The van der Waals surface area contributed by atoms with Crippen molar-refractivity contribution in [3.8, 4) is 5.75 Å². The highest BCUT2D eigenvalue weighted by molar-refractivity contribution is 5.78. The number of nitrogens with zero attached hydrogens (tertiary/aromatic N) is 4. The van der Waals surface area contributed by atoms with Crippen LogP contribution in [0.4, 0.5) is 16.0 Å². The van der Waals surface area contributed by atoms with Crippen molar-refractivity contribution in [1.29, 1.82) is 0 Å². The zero-order chi connectivity index (χ0) is 22.2. The molecular weight excluding hydrogens is 397 g/mol. The molecule has 3 aromatic rings. The van der Waals surface area contributed by atoms with Gasteiger partial charge in [-0.05, 0) is 59.5 Å². The Labute approximate surface area is 180 Å². The molecular formula is C23H24FN5O2. The second-order valence-corrected chi connectivity index (χ2v) is 6.94. The van der Waals surface area contributed by atoms with Gasteiger partial charge in [0.05, 0.1) is 13.4 Å². The van der Waals surface area contributed by atoms with Gasteiger partial charge in [-0.3, -0.25) is 4.79 Å². The van der Waals surface area contributed by atoms with Crippen molar-refractivity contribution in [3.05, 3.63) is 76.9 Å². The highest BCUT2D eigenvalue weighted by Crippen LogP contribution is 2.27. The number of likely N-dealkylation sites (N-methyl/N-ethyl adjacent to an activating group) is 1. The summed E-state index contributed by atoms with van der Waals surface area (Å²) < 4.78 is 19.5. The Bertz CT molecular complexity index is 1090. The number of hydrogen-bond acceptors (Lipinski definition) is 6. The number of aromatic nitrogens is 2. The van der Waals surface area contributed by atoms with Crippen LogP contribution in [0.5, 0.6) is 5.75 Å². The SMILES string of the molecule is COc1cc(CCN(C)c2ncccc2F)c(C=O)cc1Cc1ccnc(N=CN)c1. The zero-order valence-electron chi connectivity index (χ0n) is 17.5. The lowest BCUT2D eigenvalue weighted by molar-refractivity contribution is 0.112. The van der Waals surface area contributed by atoms with E-state index in [1.54, 1.807) is 37.5 Å². The lowest BCUT2D eigenvalue weighted by atomic mass is 9.97. The highest BCUT2D eigenvalue weighted by atomic mass is 19.1. The van der Waals surface area contributed by atoms with Gasteiger partial charge in [0, 0.05) is 38.0 Å². The molecule has 1 aromatic carbocycles. The first-order valence-electron chi connectivity index (χ1n) is 9.71. The number of anilines is 1. The van der Waals surface area contributed by atoms with Crippen molar-refractivity contribution < 1.29 is 13.9 Å². The van der Waals surface area contributed by atoms with Crippen LogP contribution in [-0.2, 0) is 12.8 Å². The average Bonchev–Trinajstić information content (AvgIpc) is 2.78. The molecule has 160 valence electrons. The minimum Gasteiger partial charge on any atom is -0.496 e. The standard InChI is InChI=1S/C23H24FN5O2/c1-29(23-20(24)4-3-7-27-23)9-6-17-13-21(31-2)18(12-19(17)14-30)10-16-5-8-26-22(11-16)28-15-25/h3-5,7-8,11-15H,6,9-10H2,1-2H3,(H2,25,26,28). The first kappa shape index (κ1) is 21.9. The van der Waals surface area contributed by atoms with Gasteiger partial charge in [-0.15, -0.1) is 0 Å². The largest absolute Gasteiger partial charge is 0.496 e. The van der Waals surface area contributed by atoms with E-state index in [9.17, 15) is 9.18 Å². The van der Waals surface area contributed by atoms with Crippen LogP contribution in [0.3, 0.4) is 0 Å². The lowest BCUT2D eigenvalue weighted by Crippen LogP contribution is -2.23. The van der Waals surface area contributed by atoms with Crippen molar-refractivity contribution in [2.45, 2.75) is 12.8 Å². The molecule has 0 fully saturated rings. The molecule has 0 bridgehead atoms. The number of ether oxygens (including phenoxy) is 1. The van der Waals surface area contributed by atoms with Crippen molar-refractivity contribution in [3.63, 3.8) is 0 Å². The van der Waals surface area contributed by atoms with E-state index in [-0.39, 0.29) is 11.6 Å². The second kappa shape index (κ2) is 10.3. The third-order valence-corrected chi connectivity index (χ3v) is 4.90. The fourth-order valence-electron chi connectivity index (χ4n) is 3.33. The predicted molar refractivity (Wildman–Crippen MR) is 119 cm³/mol. The molecule has 0 saturated carbocycles. The van der Waals surface area contributed by atoms with E-state index < -0.39 is 0 Å². The summed E-state index contributed by atoms with van der Waals surface area (Å²) in [6.45, 7) is 0.488. The molecule has 0 aliphatic carbocycles. The Kier molecular flexibility index (Phi) is 7.26. The first-order chi connectivity index (χ1) is 15.0. The molecule has 0 atom stereocenters. The molecule has 31 heavy (non-hydrogen) atoms. The molecule has 0 aliphatic heterocycles. The molecule has 7 nitrogen and oxygen atoms in total. The maximum absolute atomic E-state index is 14.0. The predicted octanol–water partition coefficient (Wildman–Crippen LogP) is 3.33. The summed E-state index contributed by atoms with van der Waals surface area (Å²) in [6, 6.07) is 10.3. The van der Waals surface area contributed by atoms with E-state index in [0.29, 0.717) is 36.5 Å². The Morgan fingerprint density at radius 3 is 2.74 bits per heavy atom. The second-order valence-electron chi connectivity index (χ2n) is 6.94. The molecule has 0 saturated heterocycles. The Morgan fingerprint density at radius 2 is 2.03 bits per heavy atom. The molecule has 2 heterocycles. The van der Waals surface area contributed by atoms with Gasteiger partial charge in [0.15, 0.2) is 17.5 Å². The van der Waals surface area contributed by atoms with Crippen LogP contribution >= 0.6 is 0 Å². The lowest BCUT2D eigenvalue weighted by Gasteiger charge is -2.20. The summed E-state index contributed by atoms with van der Waals surface area (Å²) in [5, 5.41) is 0. The van der Waals surface area contributed by atoms with Gasteiger partial charge < -0.3 is 15.4 Å². The number of halogens is 1. The van der Waals surface area contributed by atoms with E-state index in [0.717, 1.165) is 23.0 Å². The topological polar surface area (TPSA) is 93.7 Å². The molecule has 0 radical (unpaired) electrons. The fraction of sp³-hybridized carbons (Fsp3) is 0.217. The molecule has 0 unspecified atom stereocenters. The molecule has 3 rings (SSSR count). The van der Waals surface area contributed by atoms with Crippen LogP contribution in [0, 0.1) is 5.82 Å². The molecule has 0 amide bonds. The van der Waals surface area contributed by atoms with Gasteiger partial charge in [0.25, 0.3) is 0 Å². The van der Waals surface area contributed by atoms with Gasteiger partial charge in [-0.2, -0.15) is 0 Å². The number of carbonyl (C=O) groups is 1. The quantitative estimate of drug-likeness (QED) is 0.324. The summed E-state index contributed by atoms with van der Waals surface area (Å²) in [5.74, 6) is 1.07. The fourth-order valence-corrected chi connectivity index (χ4v) is 3.33. The summed E-state index contributed by atoms with van der Waals surface area (Å²) in [6.07, 6.45) is 6.30. The molecule has 0 spiro atoms. The summed E-state index contributed by atoms with van der Waals surface area (Å²) in [7, 11) is 3.36. The molecule has 2 N–H and O–H groups in total. The monoisotopic (exact) mass is 421 g/mol. The number of carbonyl (C=O) groups excluding carboxylic acids is 1. The molecule has 8 heteroatoms. The number of methoxy groups -OCH3 is 1. The maximum Gasteiger partial charge on any atom is 0.165 e. The minimum atomic E-state index is -0.385. The molecule has 0 aliphatic rings. The minimum absolute atomic E-state index is 0.271. The van der Waals surface area contributed by atoms with Gasteiger partial charge in [0.2, 0.25) is 0 Å². The number of aldehydes is 1. The third kappa shape index (κ3) is 5.42. The number of pyridine rings is 2. The van der Waals surface area contributed by atoms with E-state index in [1.165, 1.54) is 12.4 Å². The van der Waals surface area contributed by atoms with Crippen LogP contribution < -0.4 is 15.4 Å². The third-order valence-electron chi connectivity index (χ3n) is 4.90. The van der Waals surface area contributed by atoms with Crippen molar-refractivity contribution in [2.75, 3.05) is 25.6 Å². The Balaban J connectivity index is 1.82. The van der Waals surface area contributed by atoms with E-state index in [2.05, 4.69) is 15.0 Å². The van der Waals surface area contributed by atoms with E-state index in [4.69, 9.17) is 10.5 Å². The van der Waals surface area contributed by atoms with Crippen LogP contribution in [-0.4, -0.2) is 43.3 Å². The van der Waals surface area contributed by atoms with E-state index >= 15 is 0 Å². The van der Waals surface area contributed by atoms with Gasteiger partial charge in [-0.1, -0.05) is 0 Å². The summed E-state index contributed by atoms with van der Waals surface area (Å²) >= 11 is 0.